The molecule has 0 aliphatic rings. The maximum atomic E-state index is 11.5. The Bertz CT molecular complexity index is 511. The largest absolute Gasteiger partial charge is 0.494 e. The molecular weight excluding hydrogens is 254 g/mol. The third kappa shape index (κ3) is 4.05. The van der Waals surface area contributed by atoms with Crippen LogP contribution in [0.1, 0.15) is 12.5 Å². The fourth-order valence-corrected chi connectivity index (χ4v) is 2.32. The number of benzene rings is 1. The van der Waals surface area contributed by atoms with Gasteiger partial charge in [-0.15, -0.1) is 6.58 Å². The van der Waals surface area contributed by atoms with Crippen LogP contribution in [0.4, 0.5) is 5.69 Å². The zero-order chi connectivity index (χ0) is 13.6. The number of rotatable bonds is 7. The molecule has 0 aliphatic carbocycles. The number of anilines is 1. The summed E-state index contributed by atoms with van der Waals surface area (Å²) in [4.78, 5) is 0. The molecule has 18 heavy (non-hydrogen) atoms. The predicted molar refractivity (Wildman–Crippen MR) is 71.1 cm³/mol. The van der Waals surface area contributed by atoms with Crippen LogP contribution in [-0.2, 0) is 16.6 Å². The molecule has 0 amide bonds. The maximum Gasteiger partial charge on any atom is 0.236 e. The van der Waals surface area contributed by atoms with E-state index < -0.39 is 10.0 Å². The molecule has 0 radical (unpaired) electrons. The average molecular weight is 271 g/mol. The third-order valence-corrected chi connectivity index (χ3v) is 3.36. The van der Waals surface area contributed by atoms with Gasteiger partial charge in [-0.2, -0.15) is 0 Å². The van der Waals surface area contributed by atoms with E-state index in [1.54, 1.807) is 18.2 Å². The molecule has 0 bridgehead atoms. The molecule has 1 aromatic carbocycles. The zero-order valence-corrected chi connectivity index (χ0v) is 11.0. The monoisotopic (exact) mass is 271 g/mol. The van der Waals surface area contributed by atoms with Crippen LogP contribution in [0.15, 0.2) is 30.9 Å². The van der Waals surface area contributed by atoms with Crippen LogP contribution in [-0.4, -0.2) is 25.9 Å². The first-order valence-corrected chi connectivity index (χ1v) is 7.15. The molecule has 0 spiro atoms. The van der Waals surface area contributed by atoms with Gasteiger partial charge in [0.25, 0.3) is 0 Å². The summed E-state index contributed by atoms with van der Waals surface area (Å²) >= 11 is 0. The van der Waals surface area contributed by atoms with Gasteiger partial charge in [0.05, 0.1) is 19.0 Å². The van der Waals surface area contributed by atoms with Crippen molar-refractivity contribution in [2.24, 2.45) is 0 Å². The van der Waals surface area contributed by atoms with Gasteiger partial charge in [-0.3, -0.25) is 4.72 Å². The maximum absolute atomic E-state index is 11.5. The summed E-state index contributed by atoms with van der Waals surface area (Å²) in [5.41, 5.74) is 0.931. The van der Waals surface area contributed by atoms with E-state index in [0.29, 0.717) is 23.6 Å². The molecular formula is C12H17NO4S. The van der Waals surface area contributed by atoms with Gasteiger partial charge in [-0.1, -0.05) is 6.08 Å². The number of aliphatic hydroxyl groups is 1. The lowest BCUT2D eigenvalue weighted by molar-refractivity contribution is 0.267. The number of ether oxygens (including phenoxy) is 1. The van der Waals surface area contributed by atoms with Gasteiger partial charge in [0.2, 0.25) is 10.0 Å². The van der Waals surface area contributed by atoms with Crippen molar-refractivity contribution in [2.75, 3.05) is 17.1 Å². The van der Waals surface area contributed by atoms with Crippen LogP contribution >= 0.6 is 0 Å². The molecule has 0 atom stereocenters. The fraction of sp³-hybridized carbons (Fsp3) is 0.333. The van der Waals surface area contributed by atoms with E-state index >= 15 is 0 Å². The fourth-order valence-electron chi connectivity index (χ4n) is 1.44. The summed E-state index contributed by atoms with van der Waals surface area (Å²) in [5, 5.41) is 9.20. The molecule has 0 saturated heterocycles. The highest BCUT2D eigenvalue weighted by molar-refractivity contribution is 7.92. The number of nitrogens with one attached hydrogen (secondary N) is 1. The van der Waals surface area contributed by atoms with E-state index in [-0.39, 0.29) is 12.4 Å². The van der Waals surface area contributed by atoms with Crippen LogP contribution in [0.2, 0.25) is 0 Å². The van der Waals surface area contributed by atoms with Gasteiger partial charge >= 0.3 is 0 Å². The molecule has 0 unspecified atom stereocenters. The van der Waals surface area contributed by atoms with E-state index in [0.717, 1.165) is 0 Å². The lowest BCUT2D eigenvalue weighted by Crippen LogP contribution is -2.15. The van der Waals surface area contributed by atoms with E-state index in [9.17, 15) is 13.5 Å². The summed E-state index contributed by atoms with van der Waals surface area (Å²) in [6, 6.07) is 4.76. The topological polar surface area (TPSA) is 75.6 Å². The van der Waals surface area contributed by atoms with Gasteiger partial charge < -0.3 is 9.84 Å². The molecule has 0 saturated carbocycles. The minimum atomic E-state index is -3.43. The first-order valence-electron chi connectivity index (χ1n) is 5.50. The van der Waals surface area contributed by atoms with Crippen LogP contribution in [0.25, 0.3) is 0 Å². The van der Waals surface area contributed by atoms with E-state index in [1.165, 1.54) is 6.08 Å². The Kier molecular flexibility index (Phi) is 5.18. The van der Waals surface area contributed by atoms with Crippen LogP contribution < -0.4 is 9.46 Å². The van der Waals surface area contributed by atoms with Gasteiger partial charge in [-0.25, -0.2) is 8.42 Å². The predicted octanol–water partition coefficient (Wildman–Crippen LogP) is 1.51. The normalized spacial score (nSPS) is 11.0. The summed E-state index contributed by atoms with van der Waals surface area (Å²) < 4.78 is 30.8. The van der Waals surface area contributed by atoms with Crippen molar-refractivity contribution in [3.05, 3.63) is 36.4 Å². The molecule has 6 heteroatoms. The third-order valence-electron chi connectivity index (χ3n) is 2.14. The van der Waals surface area contributed by atoms with Crippen LogP contribution in [0.3, 0.4) is 0 Å². The van der Waals surface area contributed by atoms with Crippen LogP contribution in [0.5, 0.6) is 5.75 Å². The van der Waals surface area contributed by atoms with Gasteiger partial charge in [0, 0.05) is 11.3 Å². The average Bonchev–Trinajstić information content (AvgIpc) is 2.30. The Labute approximate surface area is 107 Å². The van der Waals surface area contributed by atoms with E-state index in [1.807, 2.05) is 6.92 Å². The first-order chi connectivity index (χ1) is 8.52. The molecule has 1 aromatic rings. The molecule has 0 heterocycles. The highest BCUT2D eigenvalue weighted by atomic mass is 32.2. The van der Waals surface area contributed by atoms with Crippen molar-refractivity contribution in [2.45, 2.75) is 13.5 Å². The summed E-state index contributed by atoms with van der Waals surface area (Å²) in [6.45, 7) is 5.48. The summed E-state index contributed by atoms with van der Waals surface area (Å²) in [7, 11) is -3.43. The summed E-state index contributed by atoms with van der Waals surface area (Å²) in [6.07, 6.45) is 1.31. The molecule has 2 N–H and O–H groups in total. The number of hydrogen-bond donors (Lipinski definition) is 2. The molecule has 0 aromatic heterocycles. The Balaban J connectivity index is 2.95. The van der Waals surface area contributed by atoms with Crippen molar-refractivity contribution in [3.8, 4) is 5.75 Å². The van der Waals surface area contributed by atoms with Crippen molar-refractivity contribution in [1.29, 1.82) is 0 Å². The van der Waals surface area contributed by atoms with E-state index in [2.05, 4.69) is 11.3 Å². The quantitative estimate of drug-likeness (QED) is 0.737. The zero-order valence-electron chi connectivity index (χ0n) is 10.2. The second-order valence-electron chi connectivity index (χ2n) is 3.59. The van der Waals surface area contributed by atoms with Crippen molar-refractivity contribution >= 4 is 15.7 Å². The van der Waals surface area contributed by atoms with Gasteiger partial charge in [-0.05, 0) is 25.1 Å². The summed E-state index contributed by atoms with van der Waals surface area (Å²) in [5.74, 6) is 0.390. The molecule has 5 nitrogen and oxygen atoms in total. The lowest BCUT2D eigenvalue weighted by atomic mass is 10.2. The first kappa shape index (κ1) is 14.5. The Morgan fingerprint density at radius 2 is 2.22 bits per heavy atom. The Hall–Kier alpha value is -1.53. The minimum Gasteiger partial charge on any atom is -0.494 e. The van der Waals surface area contributed by atoms with Crippen LogP contribution in [0, 0.1) is 0 Å². The lowest BCUT2D eigenvalue weighted by Gasteiger charge is -2.11. The number of aliphatic hydroxyl groups excluding tert-OH is 1. The van der Waals surface area contributed by atoms with Gasteiger partial charge in [0.1, 0.15) is 5.75 Å². The minimum absolute atomic E-state index is 0.158. The second kappa shape index (κ2) is 6.42. The number of sulfonamides is 1. The second-order valence-corrected chi connectivity index (χ2v) is 5.35. The highest BCUT2D eigenvalue weighted by Gasteiger charge is 2.10. The Morgan fingerprint density at radius 1 is 1.50 bits per heavy atom. The number of hydrogen-bond acceptors (Lipinski definition) is 4. The molecule has 1 rings (SSSR count). The molecule has 100 valence electrons. The SMILES string of the molecule is C=CCS(=O)(=O)Nc1ccc(OCC)c(CO)c1. The smallest absolute Gasteiger partial charge is 0.236 e. The van der Waals surface area contributed by atoms with Gasteiger partial charge in [0.15, 0.2) is 0 Å². The van der Waals surface area contributed by atoms with Crippen molar-refractivity contribution in [3.63, 3.8) is 0 Å². The van der Waals surface area contributed by atoms with E-state index in [4.69, 9.17) is 4.74 Å². The molecule has 0 fully saturated rings. The standard InChI is InChI=1S/C12H17NO4S/c1-3-7-18(15,16)13-11-5-6-12(17-4-2)10(8-11)9-14/h3,5-6,8,13-14H,1,4,7,9H2,2H3. The van der Waals surface area contributed by atoms with Crippen molar-refractivity contribution in [1.82, 2.24) is 0 Å². The van der Waals surface area contributed by atoms with Crippen molar-refractivity contribution < 1.29 is 18.3 Å². The Morgan fingerprint density at radius 3 is 2.78 bits per heavy atom. The molecule has 0 aliphatic heterocycles. The highest BCUT2D eigenvalue weighted by Crippen LogP contribution is 2.23.